The lowest BCUT2D eigenvalue weighted by Crippen LogP contribution is -2.21. The van der Waals surface area contributed by atoms with Crippen molar-refractivity contribution in [3.63, 3.8) is 0 Å². The Morgan fingerprint density at radius 1 is 0.510 bits per heavy atom. The molecule has 0 atom stereocenters. The van der Waals surface area contributed by atoms with Crippen LogP contribution in [0, 0.1) is 0 Å². The summed E-state index contributed by atoms with van der Waals surface area (Å²) < 4.78 is 12.7. The molecular formula is C45H48O4. The van der Waals surface area contributed by atoms with Gasteiger partial charge in [-0.3, -0.25) is 0 Å². The molecule has 252 valence electrons. The summed E-state index contributed by atoms with van der Waals surface area (Å²) in [5, 5.41) is 24.3. The molecule has 0 saturated carbocycles. The minimum Gasteiger partial charge on any atom is -0.490 e. The minimum absolute atomic E-state index is 0.0534. The van der Waals surface area contributed by atoms with E-state index in [9.17, 15) is 10.2 Å². The number of hydrogen-bond acceptors (Lipinski definition) is 4. The highest BCUT2D eigenvalue weighted by atomic mass is 16.5. The highest BCUT2D eigenvalue weighted by molar-refractivity contribution is 5.90. The summed E-state index contributed by atoms with van der Waals surface area (Å²) in [6, 6.07) is 39.1. The lowest BCUT2D eigenvalue weighted by atomic mass is 9.74. The number of rotatable bonds is 12. The SMILES string of the molecule is CC(C)c1cc(C(C)(C)c2cc(-c3ccc4ccccc4c3)c(OCCO)c(C(C)C)c2)cc(-c2ccc3ccccc3c2)c1OCCO. The van der Waals surface area contributed by atoms with Gasteiger partial charge in [0.15, 0.2) is 0 Å². The van der Waals surface area contributed by atoms with E-state index < -0.39 is 5.41 Å². The van der Waals surface area contributed by atoms with Crippen LogP contribution in [0.2, 0.25) is 0 Å². The molecule has 0 bridgehead atoms. The van der Waals surface area contributed by atoms with Gasteiger partial charge in [-0.2, -0.15) is 0 Å². The largest absolute Gasteiger partial charge is 0.490 e. The third-order valence-corrected chi connectivity index (χ3v) is 9.72. The average Bonchev–Trinajstić information content (AvgIpc) is 3.11. The van der Waals surface area contributed by atoms with Crippen LogP contribution in [0.1, 0.15) is 75.6 Å². The number of benzene rings is 6. The first kappa shape index (κ1) is 34.2. The van der Waals surface area contributed by atoms with E-state index in [4.69, 9.17) is 9.47 Å². The smallest absolute Gasteiger partial charge is 0.130 e. The van der Waals surface area contributed by atoms with Crippen molar-refractivity contribution < 1.29 is 19.7 Å². The van der Waals surface area contributed by atoms with Crippen LogP contribution in [0.15, 0.2) is 109 Å². The Bertz CT molecular complexity index is 1940. The summed E-state index contributed by atoms with van der Waals surface area (Å²) >= 11 is 0. The predicted octanol–water partition coefficient (Wildman–Crippen LogP) is 10.6. The standard InChI is InChI=1S/C45H48O4/c1-29(2)39-25-37(27-41(43(39)48-21-19-46)35-17-15-31-11-7-9-13-33(31)23-35)45(5,6)38-26-40(30(3)4)44(49-22-20-47)42(28-38)36-18-16-32-12-8-10-14-34(32)24-36/h7-18,23-30,46-47H,19-22H2,1-6H3. The Morgan fingerprint density at radius 3 is 1.27 bits per heavy atom. The number of ether oxygens (including phenoxy) is 2. The Kier molecular flexibility index (Phi) is 10.1. The second-order valence-electron chi connectivity index (χ2n) is 14.1. The molecule has 49 heavy (non-hydrogen) atoms. The maximum Gasteiger partial charge on any atom is 0.130 e. The van der Waals surface area contributed by atoms with E-state index in [0.29, 0.717) is 0 Å². The van der Waals surface area contributed by atoms with Crippen LogP contribution >= 0.6 is 0 Å². The second-order valence-corrected chi connectivity index (χ2v) is 14.1. The molecule has 0 heterocycles. The van der Waals surface area contributed by atoms with Crippen LogP contribution in [0.5, 0.6) is 11.5 Å². The fraction of sp³-hybridized carbons (Fsp3) is 0.289. The molecule has 2 N–H and O–H groups in total. The van der Waals surface area contributed by atoms with Gasteiger partial charge < -0.3 is 19.7 Å². The van der Waals surface area contributed by atoms with Gasteiger partial charge in [0.25, 0.3) is 0 Å². The average molecular weight is 653 g/mol. The Balaban J connectivity index is 1.59. The second kappa shape index (κ2) is 14.5. The zero-order chi connectivity index (χ0) is 34.7. The molecule has 0 aromatic heterocycles. The summed E-state index contributed by atoms with van der Waals surface area (Å²) in [5.41, 5.74) is 8.39. The van der Waals surface area contributed by atoms with Gasteiger partial charge in [-0.15, -0.1) is 0 Å². The maximum atomic E-state index is 9.77. The molecule has 6 aromatic carbocycles. The first-order valence-corrected chi connectivity index (χ1v) is 17.4. The van der Waals surface area contributed by atoms with E-state index >= 15 is 0 Å². The Hall–Kier alpha value is -4.64. The lowest BCUT2D eigenvalue weighted by Gasteiger charge is -2.31. The molecular weight excluding hydrogens is 604 g/mol. The van der Waals surface area contributed by atoms with Gasteiger partial charge in [-0.25, -0.2) is 0 Å². The van der Waals surface area contributed by atoms with E-state index in [1.165, 1.54) is 32.7 Å². The highest BCUT2D eigenvalue weighted by Crippen LogP contribution is 2.47. The molecule has 0 radical (unpaired) electrons. The highest BCUT2D eigenvalue weighted by Gasteiger charge is 2.30. The van der Waals surface area contributed by atoms with Crippen LogP contribution in [-0.2, 0) is 5.41 Å². The summed E-state index contributed by atoms with van der Waals surface area (Å²) in [5.74, 6) is 2.03. The minimum atomic E-state index is -0.407. The van der Waals surface area contributed by atoms with Crippen molar-refractivity contribution in [1.82, 2.24) is 0 Å². The van der Waals surface area contributed by atoms with Gasteiger partial charge in [0.05, 0.1) is 13.2 Å². The van der Waals surface area contributed by atoms with E-state index in [-0.39, 0.29) is 38.3 Å². The van der Waals surface area contributed by atoms with Crippen LogP contribution in [-0.4, -0.2) is 36.6 Å². The fourth-order valence-electron chi connectivity index (χ4n) is 6.81. The molecule has 0 saturated heterocycles. The first-order chi connectivity index (χ1) is 23.6. The summed E-state index contributed by atoms with van der Waals surface area (Å²) in [7, 11) is 0. The molecule has 4 nitrogen and oxygen atoms in total. The zero-order valence-corrected chi connectivity index (χ0v) is 29.6. The van der Waals surface area contributed by atoms with Gasteiger partial charge in [0, 0.05) is 16.5 Å². The van der Waals surface area contributed by atoms with Gasteiger partial charge in [0.1, 0.15) is 24.7 Å². The number of hydrogen-bond donors (Lipinski definition) is 2. The third kappa shape index (κ3) is 6.94. The van der Waals surface area contributed by atoms with Gasteiger partial charge in [-0.05, 0) is 91.0 Å². The first-order valence-electron chi connectivity index (χ1n) is 17.4. The fourth-order valence-corrected chi connectivity index (χ4v) is 6.81. The summed E-state index contributed by atoms with van der Waals surface area (Å²) in [4.78, 5) is 0. The number of aliphatic hydroxyl groups is 2. The van der Waals surface area contributed by atoms with Crippen molar-refractivity contribution >= 4 is 21.5 Å². The van der Waals surface area contributed by atoms with E-state index in [1.54, 1.807) is 0 Å². The van der Waals surface area contributed by atoms with Crippen LogP contribution < -0.4 is 9.47 Å². The Morgan fingerprint density at radius 2 is 0.898 bits per heavy atom. The molecule has 0 aliphatic rings. The molecule has 0 spiro atoms. The molecule has 0 amide bonds. The van der Waals surface area contributed by atoms with Crippen molar-refractivity contribution in [2.24, 2.45) is 0 Å². The third-order valence-electron chi connectivity index (χ3n) is 9.72. The van der Waals surface area contributed by atoms with E-state index in [2.05, 4.69) is 151 Å². The monoisotopic (exact) mass is 652 g/mol. The number of aliphatic hydroxyl groups excluding tert-OH is 2. The van der Waals surface area contributed by atoms with E-state index in [1.807, 2.05) is 0 Å². The quantitative estimate of drug-likeness (QED) is 0.138. The normalized spacial score (nSPS) is 12.0. The van der Waals surface area contributed by atoms with Crippen molar-refractivity contribution in [1.29, 1.82) is 0 Å². The Labute approximate surface area is 291 Å². The van der Waals surface area contributed by atoms with Crippen molar-refractivity contribution in [2.75, 3.05) is 26.4 Å². The molecule has 0 fully saturated rings. The molecule has 0 aliphatic heterocycles. The van der Waals surface area contributed by atoms with Crippen LogP contribution in [0.4, 0.5) is 0 Å². The van der Waals surface area contributed by atoms with Gasteiger partial charge in [-0.1, -0.05) is 126 Å². The van der Waals surface area contributed by atoms with E-state index in [0.717, 1.165) is 44.9 Å². The van der Waals surface area contributed by atoms with Crippen molar-refractivity contribution in [3.8, 4) is 33.8 Å². The number of fused-ring (bicyclic) bond motifs is 2. The molecule has 4 heteroatoms. The molecule has 0 unspecified atom stereocenters. The molecule has 6 aromatic rings. The van der Waals surface area contributed by atoms with Crippen molar-refractivity contribution in [3.05, 3.63) is 131 Å². The summed E-state index contributed by atoms with van der Waals surface area (Å²) in [6.07, 6.45) is 0. The van der Waals surface area contributed by atoms with Gasteiger partial charge in [0.2, 0.25) is 0 Å². The van der Waals surface area contributed by atoms with Crippen molar-refractivity contribution in [2.45, 2.75) is 58.8 Å². The summed E-state index contributed by atoms with van der Waals surface area (Å²) in [6.45, 7) is 13.7. The van der Waals surface area contributed by atoms with Crippen LogP contribution in [0.3, 0.4) is 0 Å². The molecule has 6 rings (SSSR count). The zero-order valence-electron chi connectivity index (χ0n) is 29.6. The maximum absolute atomic E-state index is 9.77. The van der Waals surface area contributed by atoms with Crippen LogP contribution in [0.25, 0.3) is 43.8 Å². The van der Waals surface area contributed by atoms with Gasteiger partial charge >= 0.3 is 0 Å². The topological polar surface area (TPSA) is 58.9 Å². The lowest BCUT2D eigenvalue weighted by molar-refractivity contribution is 0.200. The predicted molar refractivity (Wildman–Crippen MR) is 204 cm³/mol. The molecule has 0 aliphatic carbocycles.